The molecule has 1 aromatic carbocycles. The standard InChI is InChI=1S/C24H29FN4OS2/c25-11-12-29-16-19(14-27-29)28-18-9-10-21(23(13-18)32(30)20-7-4-8-20)22-15-26-24(31-22)17-5-2-1-3-6-17/h9-10,13-17,20,28H,1-8,11-12H2. The molecule has 5 nitrogen and oxygen atoms in total. The number of halogens is 1. The average Bonchev–Trinajstić information content (AvgIpc) is 3.43. The van der Waals surface area contributed by atoms with Gasteiger partial charge in [0, 0.05) is 39.7 Å². The Morgan fingerprint density at radius 1 is 1.09 bits per heavy atom. The lowest BCUT2D eigenvalue weighted by Crippen LogP contribution is -2.23. The van der Waals surface area contributed by atoms with Gasteiger partial charge in [-0.15, -0.1) is 11.3 Å². The van der Waals surface area contributed by atoms with Crippen molar-refractivity contribution in [3.63, 3.8) is 0 Å². The number of anilines is 2. The summed E-state index contributed by atoms with van der Waals surface area (Å²) in [5.74, 6) is 0.574. The molecule has 0 amide bonds. The highest BCUT2D eigenvalue weighted by atomic mass is 32.2. The maximum atomic E-state index is 13.4. The third kappa shape index (κ3) is 4.66. The van der Waals surface area contributed by atoms with E-state index in [2.05, 4.69) is 16.5 Å². The van der Waals surface area contributed by atoms with Crippen LogP contribution in [0.5, 0.6) is 0 Å². The normalized spacial score (nSPS) is 18.4. The van der Waals surface area contributed by atoms with Crippen LogP contribution in [0.2, 0.25) is 0 Å². The van der Waals surface area contributed by atoms with Crippen molar-refractivity contribution in [3.8, 4) is 10.4 Å². The first kappa shape index (κ1) is 21.8. The van der Waals surface area contributed by atoms with E-state index in [0.717, 1.165) is 46.0 Å². The van der Waals surface area contributed by atoms with Crippen molar-refractivity contribution in [3.05, 3.63) is 41.8 Å². The smallest absolute Gasteiger partial charge is 0.109 e. The van der Waals surface area contributed by atoms with E-state index in [-0.39, 0.29) is 11.8 Å². The summed E-state index contributed by atoms with van der Waals surface area (Å²) in [6.45, 7) is -0.204. The van der Waals surface area contributed by atoms with Crippen molar-refractivity contribution in [1.82, 2.24) is 14.8 Å². The Morgan fingerprint density at radius 3 is 2.69 bits per heavy atom. The third-order valence-corrected chi connectivity index (χ3v) is 9.57. The minimum atomic E-state index is -1.05. The largest absolute Gasteiger partial charge is 0.353 e. The van der Waals surface area contributed by atoms with Gasteiger partial charge in [0.15, 0.2) is 0 Å². The monoisotopic (exact) mass is 472 g/mol. The Labute approximate surface area is 194 Å². The summed E-state index contributed by atoms with van der Waals surface area (Å²) >= 11 is 1.77. The molecule has 1 unspecified atom stereocenters. The number of rotatable bonds is 8. The van der Waals surface area contributed by atoms with E-state index in [1.807, 2.05) is 18.3 Å². The van der Waals surface area contributed by atoms with Crippen molar-refractivity contribution in [2.75, 3.05) is 12.0 Å². The van der Waals surface area contributed by atoms with Crippen LogP contribution in [0.3, 0.4) is 0 Å². The third-order valence-electron chi connectivity index (χ3n) is 6.53. The molecule has 1 atom stereocenters. The molecule has 3 aromatic rings. The molecular weight excluding hydrogens is 443 g/mol. The van der Waals surface area contributed by atoms with Gasteiger partial charge in [0.1, 0.15) is 6.67 Å². The maximum absolute atomic E-state index is 13.4. The van der Waals surface area contributed by atoms with Gasteiger partial charge in [-0.2, -0.15) is 5.10 Å². The molecule has 0 saturated heterocycles. The summed E-state index contributed by atoms with van der Waals surface area (Å²) < 4.78 is 27.6. The quantitative estimate of drug-likeness (QED) is 0.410. The zero-order valence-corrected chi connectivity index (χ0v) is 19.8. The van der Waals surface area contributed by atoms with Gasteiger partial charge >= 0.3 is 0 Å². The second-order valence-corrected chi connectivity index (χ2v) is 11.5. The molecule has 32 heavy (non-hydrogen) atoms. The molecule has 8 heteroatoms. The SMILES string of the molecule is O=S(c1cc(Nc2cnn(CCF)c2)ccc1-c1cnc(C2CCCCC2)s1)C1CCC1. The van der Waals surface area contributed by atoms with Crippen LogP contribution in [-0.2, 0) is 17.3 Å². The summed E-state index contributed by atoms with van der Waals surface area (Å²) in [5.41, 5.74) is 2.70. The summed E-state index contributed by atoms with van der Waals surface area (Å²) in [5, 5.41) is 8.97. The predicted octanol–water partition coefficient (Wildman–Crippen LogP) is 6.43. The van der Waals surface area contributed by atoms with Gasteiger partial charge in [-0.1, -0.05) is 31.7 Å². The van der Waals surface area contributed by atoms with Crippen LogP contribution in [0.1, 0.15) is 62.3 Å². The van der Waals surface area contributed by atoms with Gasteiger partial charge in [-0.25, -0.2) is 9.37 Å². The molecule has 2 aromatic heterocycles. The van der Waals surface area contributed by atoms with Gasteiger partial charge in [0.05, 0.1) is 39.1 Å². The first-order valence-corrected chi connectivity index (χ1v) is 13.6. The number of nitrogens with one attached hydrogen (secondary N) is 1. The highest BCUT2D eigenvalue weighted by Crippen LogP contribution is 2.41. The van der Waals surface area contributed by atoms with Crippen LogP contribution >= 0.6 is 11.3 Å². The lowest BCUT2D eigenvalue weighted by atomic mass is 9.90. The topological polar surface area (TPSA) is 59.8 Å². The molecule has 2 aliphatic carbocycles. The van der Waals surface area contributed by atoms with Crippen LogP contribution in [0, 0.1) is 0 Å². The van der Waals surface area contributed by atoms with Crippen molar-refractivity contribution >= 4 is 33.5 Å². The molecule has 2 saturated carbocycles. The first-order valence-electron chi connectivity index (χ1n) is 11.6. The van der Waals surface area contributed by atoms with E-state index in [1.165, 1.54) is 37.1 Å². The van der Waals surface area contributed by atoms with Crippen molar-refractivity contribution in [2.45, 2.75) is 74.0 Å². The summed E-state index contributed by atoms with van der Waals surface area (Å²) in [6.07, 6.45) is 15.0. The highest BCUT2D eigenvalue weighted by Gasteiger charge is 2.28. The van der Waals surface area contributed by atoms with E-state index in [9.17, 15) is 8.60 Å². The molecule has 0 spiro atoms. The molecule has 0 bridgehead atoms. The van der Waals surface area contributed by atoms with Crippen LogP contribution in [0.4, 0.5) is 15.8 Å². The summed E-state index contributed by atoms with van der Waals surface area (Å²) in [4.78, 5) is 6.76. The van der Waals surface area contributed by atoms with Crippen LogP contribution in [-0.4, -0.2) is 30.9 Å². The number of thiazole rings is 1. The Balaban J connectivity index is 1.43. The van der Waals surface area contributed by atoms with E-state index in [1.54, 1.807) is 28.4 Å². The number of benzene rings is 1. The number of aromatic nitrogens is 3. The molecule has 5 rings (SSSR count). The van der Waals surface area contributed by atoms with E-state index in [0.29, 0.717) is 5.92 Å². The lowest BCUT2D eigenvalue weighted by molar-refractivity contribution is 0.427. The molecular formula is C24H29FN4OS2. The Hall–Kier alpha value is -2.06. The van der Waals surface area contributed by atoms with Gasteiger partial charge < -0.3 is 5.32 Å². The molecule has 0 aliphatic heterocycles. The molecule has 2 aliphatic rings. The minimum absolute atomic E-state index is 0.238. The second kappa shape index (κ2) is 9.83. The van der Waals surface area contributed by atoms with Crippen molar-refractivity contribution < 1.29 is 8.60 Å². The second-order valence-electron chi connectivity index (χ2n) is 8.77. The van der Waals surface area contributed by atoms with Crippen LogP contribution < -0.4 is 5.32 Å². The predicted molar refractivity (Wildman–Crippen MR) is 129 cm³/mol. The first-order chi connectivity index (χ1) is 15.7. The molecule has 170 valence electrons. The fraction of sp³-hybridized carbons (Fsp3) is 0.500. The van der Waals surface area contributed by atoms with Gasteiger partial charge in [0.25, 0.3) is 0 Å². The molecule has 2 heterocycles. The number of nitrogens with zero attached hydrogens (tertiary/aromatic N) is 3. The fourth-order valence-electron chi connectivity index (χ4n) is 4.49. The Bertz CT molecular complexity index is 1090. The zero-order chi connectivity index (χ0) is 21.9. The molecule has 1 N–H and O–H groups in total. The van der Waals surface area contributed by atoms with Crippen molar-refractivity contribution in [2.24, 2.45) is 0 Å². The Morgan fingerprint density at radius 2 is 1.94 bits per heavy atom. The number of hydrogen-bond donors (Lipinski definition) is 1. The number of hydrogen-bond acceptors (Lipinski definition) is 5. The highest BCUT2D eigenvalue weighted by molar-refractivity contribution is 7.86. The lowest BCUT2D eigenvalue weighted by Gasteiger charge is -2.25. The van der Waals surface area contributed by atoms with E-state index >= 15 is 0 Å². The van der Waals surface area contributed by atoms with Crippen LogP contribution in [0.25, 0.3) is 10.4 Å². The van der Waals surface area contributed by atoms with Gasteiger partial charge in [0.2, 0.25) is 0 Å². The summed E-state index contributed by atoms with van der Waals surface area (Å²) in [7, 11) is -1.05. The van der Waals surface area contributed by atoms with E-state index in [4.69, 9.17) is 4.98 Å². The molecule has 2 fully saturated rings. The fourth-order valence-corrected chi connectivity index (χ4v) is 7.44. The number of alkyl halides is 1. The summed E-state index contributed by atoms with van der Waals surface area (Å²) in [6, 6.07) is 6.10. The van der Waals surface area contributed by atoms with Crippen LogP contribution in [0.15, 0.2) is 41.7 Å². The van der Waals surface area contributed by atoms with E-state index < -0.39 is 17.5 Å². The number of aryl methyl sites for hydroxylation is 1. The van der Waals surface area contributed by atoms with Gasteiger partial charge in [-0.05, 0) is 37.8 Å². The molecule has 0 radical (unpaired) electrons. The zero-order valence-electron chi connectivity index (χ0n) is 18.1. The minimum Gasteiger partial charge on any atom is -0.353 e. The maximum Gasteiger partial charge on any atom is 0.109 e. The Kier molecular flexibility index (Phi) is 6.69. The van der Waals surface area contributed by atoms with Gasteiger partial charge in [-0.3, -0.25) is 8.89 Å². The average molecular weight is 473 g/mol. The van der Waals surface area contributed by atoms with Crippen molar-refractivity contribution in [1.29, 1.82) is 0 Å².